The molecule has 1 saturated heterocycles. The van der Waals surface area contributed by atoms with Crippen LogP contribution in [-0.2, 0) is 4.79 Å². The molecule has 0 spiro atoms. The topological polar surface area (TPSA) is 88.7 Å². The van der Waals surface area contributed by atoms with Crippen LogP contribution in [-0.4, -0.2) is 46.4 Å². The maximum absolute atomic E-state index is 11.4. The average Bonchev–Trinajstić information content (AvgIpc) is 3.10. The van der Waals surface area contributed by atoms with Crippen LogP contribution in [0.4, 0.5) is 11.4 Å². The van der Waals surface area contributed by atoms with Crippen LogP contribution >= 0.6 is 24.4 Å². The summed E-state index contributed by atoms with van der Waals surface area (Å²) in [6, 6.07) is 14.3. The molecule has 1 aliphatic rings. The number of carbonyl (C=O) groups excluding carboxylic acids is 1. The van der Waals surface area contributed by atoms with Crippen LogP contribution in [0.2, 0.25) is 0 Å². The molecule has 0 aliphatic carbocycles. The van der Waals surface area contributed by atoms with Gasteiger partial charge in [0.15, 0.2) is 9.54 Å². The van der Waals surface area contributed by atoms with E-state index in [1.807, 2.05) is 24.3 Å². The number of nitrogens with zero attached hydrogens (tertiary/aromatic N) is 2. The normalized spacial score (nSPS) is 19.2. The number of anilines is 1. The molecule has 4 rings (SSSR count). The van der Waals surface area contributed by atoms with Gasteiger partial charge in [-0.15, -0.1) is 0 Å². The maximum Gasteiger partial charge on any atom is 1.00 e. The Kier molecular flexibility index (Phi) is 9.49. The molecule has 2 aromatic carbocycles. The zero-order chi connectivity index (χ0) is 23.6. The first-order valence-electron chi connectivity index (χ1n) is 11.2. The second-order valence-corrected chi connectivity index (χ2v) is 9.54. The number of carboxylic acid groups (broad SMARTS) is 1. The van der Waals surface area contributed by atoms with Gasteiger partial charge in [0.1, 0.15) is 11.7 Å². The molecule has 0 radical (unpaired) electrons. The SMILES string of the molecule is Cc1cccc(C)c1[N+]1(CCCNc2cccc(-n3c(=S)[nH][nH]c3=S)c2)CCC1CC(=O)[O-].[K+]. The number of aryl methyl sites for hydroxylation is 2. The van der Waals surface area contributed by atoms with Crippen molar-refractivity contribution in [1.82, 2.24) is 19.2 Å². The fraction of sp³-hybridized carbons (Fsp3) is 0.375. The first kappa shape index (κ1) is 27.5. The summed E-state index contributed by atoms with van der Waals surface area (Å²) < 4.78 is 3.55. The van der Waals surface area contributed by atoms with E-state index in [2.05, 4.69) is 47.6 Å². The summed E-state index contributed by atoms with van der Waals surface area (Å²) in [5.74, 6) is -0.968. The number of carbonyl (C=O) groups is 1. The zero-order valence-corrected chi connectivity index (χ0v) is 24.6. The van der Waals surface area contributed by atoms with E-state index in [-0.39, 0.29) is 63.8 Å². The summed E-state index contributed by atoms with van der Waals surface area (Å²) in [4.78, 5) is 11.4. The van der Waals surface area contributed by atoms with Crippen LogP contribution in [0, 0.1) is 23.4 Å². The molecule has 1 fully saturated rings. The number of carboxylic acids is 1. The van der Waals surface area contributed by atoms with Crippen LogP contribution < -0.4 is 66.3 Å². The Morgan fingerprint density at radius 3 is 2.38 bits per heavy atom. The van der Waals surface area contributed by atoms with Crippen molar-refractivity contribution in [3.05, 3.63) is 63.1 Å². The van der Waals surface area contributed by atoms with Gasteiger partial charge in [-0.2, -0.15) is 0 Å². The third-order valence-corrected chi connectivity index (χ3v) is 7.27. The Balaban J connectivity index is 0.00000324. The van der Waals surface area contributed by atoms with Crippen LogP contribution in [0.3, 0.4) is 0 Å². The van der Waals surface area contributed by atoms with E-state index < -0.39 is 5.97 Å². The number of para-hydroxylation sites is 1. The van der Waals surface area contributed by atoms with Gasteiger partial charge in [-0.3, -0.25) is 19.2 Å². The van der Waals surface area contributed by atoms with Gasteiger partial charge < -0.3 is 15.2 Å². The number of aromatic nitrogens is 3. The molecular formula is C24H29KN5O2S2+. The predicted octanol–water partition coefficient (Wildman–Crippen LogP) is 0.935. The van der Waals surface area contributed by atoms with Crippen molar-refractivity contribution in [2.24, 2.45) is 0 Å². The van der Waals surface area contributed by atoms with Crippen molar-refractivity contribution in [1.29, 1.82) is 0 Å². The van der Waals surface area contributed by atoms with Gasteiger partial charge in [0.05, 0.1) is 25.2 Å². The van der Waals surface area contributed by atoms with Gasteiger partial charge in [-0.05, 0) is 56.5 Å². The van der Waals surface area contributed by atoms with E-state index in [4.69, 9.17) is 24.4 Å². The number of hydrogen-bond donors (Lipinski definition) is 3. The average molecular weight is 523 g/mol. The summed E-state index contributed by atoms with van der Waals surface area (Å²) >= 11 is 10.6. The van der Waals surface area contributed by atoms with E-state index in [1.165, 1.54) is 16.8 Å². The molecule has 2 heterocycles. The van der Waals surface area contributed by atoms with Crippen LogP contribution in [0.25, 0.3) is 5.69 Å². The van der Waals surface area contributed by atoms with E-state index in [0.29, 0.717) is 9.54 Å². The molecule has 0 bridgehead atoms. The Morgan fingerprint density at radius 2 is 1.79 bits per heavy atom. The van der Waals surface area contributed by atoms with Crippen molar-refractivity contribution >= 4 is 41.8 Å². The number of H-pyrrole nitrogens is 2. The Morgan fingerprint density at radius 1 is 1.15 bits per heavy atom. The van der Waals surface area contributed by atoms with Gasteiger partial charge in [0, 0.05) is 42.2 Å². The van der Waals surface area contributed by atoms with Crippen LogP contribution in [0.15, 0.2) is 42.5 Å². The van der Waals surface area contributed by atoms with Crippen molar-refractivity contribution < 1.29 is 61.3 Å². The molecule has 7 nitrogen and oxygen atoms in total. The monoisotopic (exact) mass is 522 g/mol. The molecule has 1 aromatic heterocycles. The van der Waals surface area contributed by atoms with E-state index in [9.17, 15) is 9.90 Å². The Labute approximate surface area is 252 Å². The third kappa shape index (κ3) is 5.65. The summed E-state index contributed by atoms with van der Waals surface area (Å²) in [6.07, 6.45) is 1.92. The molecule has 2 atom stereocenters. The maximum atomic E-state index is 11.4. The predicted molar refractivity (Wildman–Crippen MR) is 135 cm³/mol. The molecule has 0 saturated carbocycles. The molecule has 174 valence electrons. The number of quaternary nitrogens is 1. The van der Waals surface area contributed by atoms with Crippen molar-refractivity contribution in [2.45, 2.75) is 39.2 Å². The van der Waals surface area contributed by atoms with Gasteiger partial charge >= 0.3 is 51.4 Å². The quantitative estimate of drug-likeness (QED) is 0.168. The number of rotatable bonds is 9. The minimum Gasteiger partial charge on any atom is -0.550 e. The van der Waals surface area contributed by atoms with Gasteiger partial charge in [-0.25, -0.2) is 0 Å². The first-order valence-corrected chi connectivity index (χ1v) is 12.0. The second kappa shape index (κ2) is 11.7. The van der Waals surface area contributed by atoms with Crippen molar-refractivity contribution in [2.75, 3.05) is 25.0 Å². The standard InChI is InChI=1S/C24H29N5O2S2.K/c1-16-6-3-7-17(2)22(16)29(13-10-20(29)15-21(30)31)12-5-11-25-18-8-4-9-19(14-18)28-23(32)26-27-24(28)33;/h3-4,6-9,14,20,25H,5,10-13,15H2,1-2H3,(H2-,26,27,30,31,32,33);/q;+1. The van der Waals surface area contributed by atoms with Crippen LogP contribution in [0.1, 0.15) is 30.4 Å². The fourth-order valence-corrected chi connectivity index (χ4v) is 5.75. The first-order chi connectivity index (χ1) is 15.8. The number of aliphatic carboxylic acids is 1. The molecule has 1 aliphatic heterocycles. The van der Waals surface area contributed by atoms with Gasteiger partial charge in [0.25, 0.3) is 0 Å². The minimum absolute atomic E-state index is 0. The summed E-state index contributed by atoms with van der Waals surface area (Å²) in [7, 11) is 0. The van der Waals surface area contributed by atoms with Crippen molar-refractivity contribution in [3.63, 3.8) is 0 Å². The number of likely N-dealkylation sites (tertiary alicyclic amines) is 1. The number of nitrogens with one attached hydrogen (secondary N) is 3. The Bertz CT molecular complexity index is 1240. The number of hydrogen-bond acceptors (Lipinski definition) is 5. The molecule has 34 heavy (non-hydrogen) atoms. The molecule has 3 N–H and O–H groups in total. The largest absolute Gasteiger partial charge is 1.00 e. The molecular weight excluding hydrogens is 494 g/mol. The van der Waals surface area contributed by atoms with E-state index in [0.717, 1.165) is 48.3 Å². The minimum atomic E-state index is -0.968. The second-order valence-electron chi connectivity index (χ2n) is 8.77. The number of benzene rings is 2. The Hall–Kier alpha value is -1.11. The summed E-state index contributed by atoms with van der Waals surface area (Å²) in [5, 5.41) is 20.6. The molecule has 2 unspecified atom stereocenters. The summed E-state index contributed by atoms with van der Waals surface area (Å²) in [6.45, 7) is 6.86. The summed E-state index contributed by atoms with van der Waals surface area (Å²) in [5.41, 5.74) is 5.59. The third-order valence-electron chi connectivity index (χ3n) is 6.70. The van der Waals surface area contributed by atoms with Crippen molar-refractivity contribution in [3.8, 4) is 5.69 Å². The fourth-order valence-electron chi connectivity index (χ4n) is 5.20. The molecule has 10 heteroatoms. The van der Waals surface area contributed by atoms with E-state index in [1.54, 1.807) is 4.57 Å². The van der Waals surface area contributed by atoms with Gasteiger partial charge in [-0.1, -0.05) is 24.3 Å². The molecule has 3 aromatic rings. The van der Waals surface area contributed by atoms with Gasteiger partial charge in [0.2, 0.25) is 0 Å². The van der Waals surface area contributed by atoms with E-state index >= 15 is 0 Å². The van der Waals surface area contributed by atoms with Crippen LogP contribution in [0.5, 0.6) is 0 Å². The number of aromatic amines is 2. The zero-order valence-electron chi connectivity index (χ0n) is 19.9. The molecule has 0 amide bonds. The smallest absolute Gasteiger partial charge is 0.550 e.